The number of hydrogen-bond acceptors (Lipinski definition) is 3. The molecule has 122 valence electrons. The highest BCUT2D eigenvalue weighted by Crippen LogP contribution is 2.24. The molecular weight excluding hydrogens is 286 g/mol. The van der Waals surface area contributed by atoms with Crippen molar-refractivity contribution >= 4 is 12.4 Å². The molecule has 0 aliphatic heterocycles. The Hall–Kier alpha value is -0.770. The van der Waals surface area contributed by atoms with Crippen LogP contribution in [0, 0.1) is 0 Å². The minimum atomic E-state index is -0.503. The number of aliphatic hydroxyl groups is 1. The van der Waals surface area contributed by atoms with Crippen LogP contribution in [0.3, 0.4) is 0 Å². The molecule has 0 amide bonds. The molecule has 0 radical (unpaired) electrons. The third kappa shape index (κ3) is 8.30. The first-order chi connectivity index (χ1) is 9.08. The number of nitrogens with one attached hydrogen (secondary N) is 1. The Morgan fingerprint density at radius 2 is 1.57 bits per heavy atom. The summed E-state index contributed by atoms with van der Waals surface area (Å²) < 4.78 is 5.61. The van der Waals surface area contributed by atoms with Gasteiger partial charge in [0.15, 0.2) is 0 Å². The van der Waals surface area contributed by atoms with E-state index in [0.717, 1.165) is 5.75 Å². The zero-order valence-corrected chi connectivity index (χ0v) is 14.9. The number of β-amino-alcohol motifs (C(OH)–C–C–N with tert-alkyl or cyclic N) is 1. The maximum absolute atomic E-state index is 9.87. The lowest BCUT2D eigenvalue weighted by Crippen LogP contribution is -2.42. The lowest BCUT2D eigenvalue weighted by molar-refractivity contribution is 0.100. The van der Waals surface area contributed by atoms with Crippen LogP contribution >= 0.6 is 12.4 Å². The van der Waals surface area contributed by atoms with Gasteiger partial charge in [-0.25, -0.2) is 0 Å². The second-order valence-electron chi connectivity index (χ2n) is 7.37. The molecule has 0 aromatic heterocycles. The summed E-state index contributed by atoms with van der Waals surface area (Å²) in [6.07, 6.45) is -0.503. The molecule has 0 aliphatic carbocycles. The van der Waals surface area contributed by atoms with Crippen LogP contribution in [0.5, 0.6) is 5.75 Å². The molecule has 0 fully saturated rings. The minimum Gasteiger partial charge on any atom is -0.491 e. The summed E-state index contributed by atoms with van der Waals surface area (Å²) in [6.45, 7) is 13.6. The molecule has 1 atom stereocenters. The zero-order chi connectivity index (χ0) is 15.4. The van der Waals surface area contributed by atoms with Gasteiger partial charge in [-0.3, -0.25) is 0 Å². The lowest BCUT2D eigenvalue weighted by atomic mass is 9.87. The van der Waals surface area contributed by atoms with Crippen LogP contribution in [0.15, 0.2) is 24.3 Å². The molecule has 3 nitrogen and oxygen atoms in total. The summed E-state index contributed by atoms with van der Waals surface area (Å²) in [5, 5.41) is 13.1. The monoisotopic (exact) mass is 315 g/mol. The van der Waals surface area contributed by atoms with Gasteiger partial charge in [0, 0.05) is 12.1 Å². The van der Waals surface area contributed by atoms with Gasteiger partial charge in [0.2, 0.25) is 0 Å². The smallest absolute Gasteiger partial charge is 0.119 e. The largest absolute Gasteiger partial charge is 0.491 e. The van der Waals surface area contributed by atoms with Crippen molar-refractivity contribution < 1.29 is 9.84 Å². The van der Waals surface area contributed by atoms with Crippen LogP contribution < -0.4 is 10.1 Å². The molecule has 0 bridgehead atoms. The Kier molecular flexibility index (Phi) is 7.73. The molecule has 2 N–H and O–H groups in total. The summed E-state index contributed by atoms with van der Waals surface area (Å²) in [6, 6.07) is 8.08. The Labute approximate surface area is 135 Å². The van der Waals surface area contributed by atoms with E-state index < -0.39 is 6.10 Å². The fraction of sp³-hybridized carbons (Fsp3) is 0.647. The van der Waals surface area contributed by atoms with Crippen molar-refractivity contribution in [3.8, 4) is 5.75 Å². The van der Waals surface area contributed by atoms with Crippen LogP contribution in [0.25, 0.3) is 0 Å². The first-order valence-electron chi connectivity index (χ1n) is 7.24. The molecule has 4 heteroatoms. The van der Waals surface area contributed by atoms with E-state index in [1.165, 1.54) is 5.56 Å². The zero-order valence-electron chi connectivity index (χ0n) is 14.1. The van der Waals surface area contributed by atoms with Gasteiger partial charge in [-0.2, -0.15) is 0 Å². The lowest BCUT2D eigenvalue weighted by Gasteiger charge is -2.23. The fourth-order valence-corrected chi connectivity index (χ4v) is 1.73. The Morgan fingerprint density at radius 3 is 2.00 bits per heavy atom. The van der Waals surface area contributed by atoms with Gasteiger partial charge in [-0.1, -0.05) is 32.9 Å². The summed E-state index contributed by atoms with van der Waals surface area (Å²) >= 11 is 0. The maximum atomic E-state index is 9.87. The molecule has 1 unspecified atom stereocenters. The van der Waals surface area contributed by atoms with E-state index >= 15 is 0 Å². The summed E-state index contributed by atoms with van der Waals surface area (Å²) in [4.78, 5) is 0. The third-order valence-electron chi connectivity index (χ3n) is 3.03. The van der Waals surface area contributed by atoms with Crippen molar-refractivity contribution in [3.05, 3.63) is 29.8 Å². The van der Waals surface area contributed by atoms with E-state index in [0.29, 0.717) is 13.2 Å². The minimum absolute atomic E-state index is 0. The van der Waals surface area contributed by atoms with Gasteiger partial charge in [0.1, 0.15) is 18.5 Å². The van der Waals surface area contributed by atoms with Crippen molar-refractivity contribution in [2.45, 2.75) is 58.6 Å². The molecule has 21 heavy (non-hydrogen) atoms. The van der Waals surface area contributed by atoms with Crippen molar-refractivity contribution in [1.29, 1.82) is 0 Å². The second-order valence-corrected chi connectivity index (χ2v) is 7.37. The molecule has 1 aromatic carbocycles. The van der Waals surface area contributed by atoms with E-state index in [1.54, 1.807) is 0 Å². The first kappa shape index (κ1) is 20.2. The first-order valence-corrected chi connectivity index (χ1v) is 7.24. The van der Waals surface area contributed by atoms with Crippen molar-refractivity contribution in [1.82, 2.24) is 5.32 Å². The highest BCUT2D eigenvalue weighted by Gasteiger charge is 2.14. The van der Waals surface area contributed by atoms with Crippen LogP contribution in [-0.4, -0.2) is 29.9 Å². The highest BCUT2D eigenvalue weighted by atomic mass is 35.5. The maximum Gasteiger partial charge on any atom is 0.119 e. The van der Waals surface area contributed by atoms with Crippen molar-refractivity contribution in [2.24, 2.45) is 0 Å². The fourth-order valence-electron chi connectivity index (χ4n) is 1.73. The number of halogens is 1. The number of aliphatic hydroxyl groups excluding tert-OH is 1. The van der Waals surface area contributed by atoms with Crippen LogP contribution in [0.1, 0.15) is 47.1 Å². The van der Waals surface area contributed by atoms with Crippen LogP contribution in [0.4, 0.5) is 0 Å². The average molecular weight is 316 g/mol. The van der Waals surface area contributed by atoms with Crippen molar-refractivity contribution in [2.75, 3.05) is 13.2 Å². The van der Waals surface area contributed by atoms with Crippen LogP contribution in [-0.2, 0) is 5.41 Å². The quantitative estimate of drug-likeness (QED) is 0.873. The molecular formula is C17H30ClNO2. The van der Waals surface area contributed by atoms with E-state index in [4.69, 9.17) is 4.74 Å². The number of rotatable bonds is 5. The topological polar surface area (TPSA) is 41.5 Å². The molecule has 1 rings (SSSR count). The molecule has 0 spiro atoms. The SMILES string of the molecule is CC(C)(C)NCC(O)COc1ccc(C(C)(C)C)cc1.Cl. The Balaban J connectivity index is 0.00000400. The Morgan fingerprint density at radius 1 is 1.05 bits per heavy atom. The number of hydrogen-bond donors (Lipinski definition) is 2. The summed E-state index contributed by atoms with van der Waals surface area (Å²) in [5.41, 5.74) is 1.43. The van der Waals surface area contributed by atoms with Crippen LogP contribution in [0.2, 0.25) is 0 Å². The molecule has 0 saturated carbocycles. The van der Waals surface area contributed by atoms with E-state index in [-0.39, 0.29) is 23.4 Å². The van der Waals surface area contributed by atoms with Gasteiger partial charge in [0.05, 0.1) is 0 Å². The second kappa shape index (κ2) is 8.02. The predicted octanol–water partition coefficient (Wildman–Crippen LogP) is 3.53. The molecule has 0 saturated heterocycles. The van der Waals surface area contributed by atoms with Gasteiger partial charge in [-0.05, 0) is 43.9 Å². The van der Waals surface area contributed by atoms with Gasteiger partial charge in [-0.15, -0.1) is 12.4 Å². The highest BCUT2D eigenvalue weighted by molar-refractivity contribution is 5.85. The van der Waals surface area contributed by atoms with Gasteiger partial charge in [0.25, 0.3) is 0 Å². The standard InChI is InChI=1S/C17H29NO2.ClH/c1-16(2,3)13-7-9-15(10-8-13)20-12-14(19)11-18-17(4,5)6;/h7-10,14,18-19H,11-12H2,1-6H3;1H. The van der Waals surface area contributed by atoms with E-state index in [9.17, 15) is 5.11 Å². The van der Waals surface area contributed by atoms with Gasteiger partial charge >= 0.3 is 0 Å². The van der Waals surface area contributed by atoms with Crippen molar-refractivity contribution in [3.63, 3.8) is 0 Å². The number of benzene rings is 1. The summed E-state index contributed by atoms with van der Waals surface area (Å²) in [5.74, 6) is 0.799. The molecule has 0 aliphatic rings. The van der Waals surface area contributed by atoms with Gasteiger partial charge < -0.3 is 15.2 Å². The third-order valence-corrected chi connectivity index (χ3v) is 3.03. The normalized spacial score (nSPS) is 13.5. The predicted molar refractivity (Wildman–Crippen MR) is 91.6 cm³/mol. The van der Waals surface area contributed by atoms with E-state index in [2.05, 4.69) is 59.0 Å². The van der Waals surface area contributed by atoms with E-state index in [1.807, 2.05) is 12.1 Å². The average Bonchev–Trinajstić information content (AvgIpc) is 2.32. The molecule has 1 aromatic rings. The summed E-state index contributed by atoms with van der Waals surface area (Å²) in [7, 11) is 0. The Bertz CT molecular complexity index is 404. The number of ether oxygens (including phenoxy) is 1. The molecule has 0 heterocycles.